The van der Waals surface area contributed by atoms with E-state index in [0.717, 1.165) is 11.1 Å². The third-order valence-electron chi connectivity index (χ3n) is 5.55. The van der Waals surface area contributed by atoms with Crippen LogP contribution in [0.4, 0.5) is 0 Å². The Morgan fingerprint density at radius 2 is 1.51 bits per heavy atom. The molecule has 4 rings (SSSR count). The molecule has 3 aromatic carbocycles. The van der Waals surface area contributed by atoms with E-state index in [1.165, 1.54) is 21.3 Å². The molecule has 0 aliphatic carbocycles. The summed E-state index contributed by atoms with van der Waals surface area (Å²) in [7, 11) is 8.97. The third-order valence-corrected chi connectivity index (χ3v) is 5.55. The Morgan fingerprint density at radius 1 is 0.771 bits per heavy atom. The molecular formula is C26H25NO8. The summed E-state index contributed by atoms with van der Waals surface area (Å²) in [6, 6.07) is 12.4. The highest BCUT2D eigenvalue weighted by Crippen LogP contribution is 2.45. The van der Waals surface area contributed by atoms with Crippen LogP contribution < -0.4 is 23.7 Å². The van der Waals surface area contributed by atoms with E-state index in [1.807, 2.05) is 24.3 Å². The van der Waals surface area contributed by atoms with Crippen LogP contribution in [0.5, 0.6) is 28.7 Å². The fourth-order valence-corrected chi connectivity index (χ4v) is 3.89. The van der Waals surface area contributed by atoms with Crippen LogP contribution in [0, 0.1) is 0 Å². The molecule has 0 fully saturated rings. The second-order valence-electron chi connectivity index (χ2n) is 7.33. The summed E-state index contributed by atoms with van der Waals surface area (Å²) in [5.41, 5.74) is 3.26. The van der Waals surface area contributed by atoms with Gasteiger partial charge in [0.1, 0.15) is 17.0 Å². The van der Waals surface area contributed by atoms with Crippen molar-refractivity contribution in [3.05, 3.63) is 48.0 Å². The average Bonchev–Trinajstić information content (AvgIpc) is 3.33. The smallest absolute Gasteiger partial charge is 0.338 e. The van der Waals surface area contributed by atoms with Gasteiger partial charge >= 0.3 is 5.97 Å². The Balaban J connectivity index is 1.89. The molecule has 1 aromatic heterocycles. The number of ether oxygens (including phenoxy) is 6. The van der Waals surface area contributed by atoms with Gasteiger partial charge in [0.2, 0.25) is 11.6 Å². The summed E-state index contributed by atoms with van der Waals surface area (Å²) in [4.78, 5) is 17.1. The summed E-state index contributed by atoms with van der Waals surface area (Å²) in [5.74, 6) is 1.99. The maximum Gasteiger partial charge on any atom is 0.338 e. The van der Waals surface area contributed by atoms with Crippen molar-refractivity contribution in [3.63, 3.8) is 0 Å². The van der Waals surface area contributed by atoms with Crippen LogP contribution in [0.25, 0.3) is 33.7 Å². The lowest BCUT2D eigenvalue weighted by Crippen LogP contribution is -2.06. The van der Waals surface area contributed by atoms with E-state index in [4.69, 9.17) is 32.8 Å². The number of oxazole rings is 1. The van der Waals surface area contributed by atoms with Crippen LogP contribution in [0.3, 0.4) is 0 Å². The molecule has 9 heteroatoms. The number of nitrogens with zero attached hydrogens (tertiary/aromatic N) is 1. The van der Waals surface area contributed by atoms with Gasteiger partial charge in [0.25, 0.3) is 0 Å². The van der Waals surface area contributed by atoms with Crippen molar-refractivity contribution in [2.75, 3.05) is 42.7 Å². The molecule has 0 saturated carbocycles. The maximum absolute atomic E-state index is 12.5. The predicted octanol–water partition coefficient (Wildman–Crippen LogP) is 4.99. The highest BCUT2D eigenvalue weighted by molar-refractivity contribution is 5.99. The summed E-state index contributed by atoms with van der Waals surface area (Å²) >= 11 is 0. The standard InChI is InChI=1S/C26H25NO8/c1-29-15-12-17(26(28)34-6)22(21(13-15)31-3)25-27-18-9-7-14(11-20(18)35-25)16-8-10-19(30-2)24(33-5)23(16)32-4/h7-13H,1-6H3. The second kappa shape index (κ2) is 9.84. The van der Waals surface area contributed by atoms with Crippen molar-refractivity contribution in [2.24, 2.45) is 0 Å². The molecule has 0 spiro atoms. The molecule has 0 aliphatic rings. The quantitative estimate of drug-likeness (QED) is 0.324. The lowest BCUT2D eigenvalue weighted by molar-refractivity contribution is 0.0600. The van der Waals surface area contributed by atoms with E-state index in [2.05, 4.69) is 4.98 Å². The molecule has 0 amide bonds. The van der Waals surface area contributed by atoms with Gasteiger partial charge in [-0.05, 0) is 35.9 Å². The van der Waals surface area contributed by atoms with Crippen LogP contribution >= 0.6 is 0 Å². The summed E-state index contributed by atoms with van der Waals surface area (Å²) in [5, 5.41) is 0. The first-order valence-corrected chi connectivity index (χ1v) is 10.5. The molecule has 0 aliphatic heterocycles. The fraction of sp³-hybridized carbons (Fsp3) is 0.231. The van der Waals surface area contributed by atoms with Gasteiger partial charge in [0, 0.05) is 11.6 Å². The lowest BCUT2D eigenvalue weighted by Gasteiger charge is -2.15. The Labute approximate surface area is 202 Å². The molecule has 35 heavy (non-hydrogen) atoms. The first kappa shape index (κ1) is 23.7. The zero-order chi connectivity index (χ0) is 25.1. The molecule has 0 atom stereocenters. The zero-order valence-corrected chi connectivity index (χ0v) is 20.3. The number of rotatable bonds is 8. The van der Waals surface area contributed by atoms with Crippen molar-refractivity contribution >= 4 is 17.1 Å². The van der Waals surface area contributed by atoms with Gasteiger partial charge in [0.05, 0.1) is 53.8 Å². The van der Waals surface area contributed by atoms with E-state index >= 15 is 0 Å². The average molecular weight is 479 g/mol. The molecule has 0 N–H and O–H groups in total. The first-order chi connectivity index (χ1) is 17.0. The molecule has 182 valence electrons. The number of fused-ring (bicyclic) bond motifs is 1. The Morgan fingerprint density at radius 3 is 2.14 bits per heavy atom. The number of esters is 1. The van der Waals surface area contributed by atoms with E-state index < -0.39 is 5.97 Å². The van der Waals surface area contributed by atoms with Gasteiger partial charge in [-0.3, -0.25) is 0 Å². The molecule has 4 aromatic rings. The number of benzene rings is 3. The van der Waals surface area contributed by atoms with Gasteiger partial charge in [-0.15, -0.1) is 0 Å². The topological polar surface area (TPSA) is 98.5 Å². The lowest BCUT2D eigenvalue weighted by atomic mass is 10.0. The van der Waals surface area contributed by atoms with E-state index in [0.29, 0.717) is 45.4 Å². The number of aromatic nitrogens is 1. The molecule has 0 saturated heterocycles. The summed E-state index contributed by atoms with van der Waals surface area (Å²) in [6.45, 7) is 0. The van der Waals surface area contributed by atoms with Gasteiger partial charge in [-0.2, -0.15) is 0 Å². The highest BCUT2D eigenvalue weighted by atomic mass is 16.5. The SMILES string of the molecule is COC(=O)c1cc(OC)cc(OC)c1-c1nc2ccc(-c3ccc(OC)c(OC)c3OC)cc2o1. The molecule has 0 unspecified atom stereocenters. The van der Waals surface area contributed by atoms with Gasteiger partial charge < -0.3 is 32.8 Å². The summed E-state index contributed by atoms with van der Waals surface area (Å²) < 4.78 is 38.4. The molecule has 0 bridgehead atoms. The van der Waals surface area contributed by atoms with Crippen molar-refractivity contribution < 1.29 is 37.6 Å². The number of methoxy groups -OCH3 is 6. The van der Waals surface area contributed by atoms with Crippen molar-refractivity contribution in [3.8, 4) is 51.3 Å². The minimum atomic E-state index is -0.574. The van der Waals surface area contributed by atoms with Crippen LogP contribution in [0.15, 0.2) is 46.9 Å². The number of hydrogen-bond donors (Lipinski definition) is 0. The Bertz CT molecular complexity index is 1390. The normalized spacial score (nSPS) is 10.7. The monoisotopic (exact) mass is 479 g/mol. The molecular weight excluding hydrogens is 454 g/mol. The third kappa shape index (κ3) is 4.16. The minimum Gasteiger partial charge on any atom is -0.497 e. The van der Waals surface area contributed by atoms with Crippen molar-refractivity contribution in [2.45, 2.75) is 0 Å². The van der Waals surface area contributed by atoms with Gasteiger partial charge in [-0.25, -0.2) is 9.78 Å². The Kier molecular flexibility index (Phi) is 6.68. The first-order valence-electron chi connectivity index (χ1n) is 10.5. The number of carbonyl (C=O) groups is 1. The zero-order valence-electron chi connectivity index (χ0n) is 20.3. The Hall–Kier alpha value is -4.40. The minimum absolute atomic E-state index is 0.205. The number of hydrogen-bond acceptors (Lipinski definition) is 9. The van der Waals surface area contributed by atoms with Crippen LogP contribution in [0.2, 0.25) is 0 Å². The largest absolute Gasteiger partial charge is 0.497 e. The van der Waals surface area contributed by atoms with E-state index in [1.54, 1.807) is 39.5 Å². The molecule has 9 nitrogen and oxygen atoms in total. The van der Waals surface area contributed by atoms with Gasteiger partial charge in [-0.1, -0.05) is 6.07 Å². The van der Waals surface area contributed by atoms with Crippen LogP contribution in [0.1, 0.15) is 10.4 Å². The van der Waals surface area contributed by atoms with E-state index in [9.17, 15) is 4.79 Å². The van der Waals surface area contributed by atoms with Crippen molar-refractivity contribution in [1.29, 1.82) is 0 Å². The molecule has 0 radical (unpaired) electrons. The van der Waals surface area contributed by atoms with Crippen LogP contribution in [-0.2, 0) is 4.74 Å². The maximum atomic E-state index is 12.5. The second-order valence-corrected chi connectivity index (χ2v) is 7.33. The highest BCUT2D eigenvalue weighted by Gasteiger charge is 2.25. The van der Waals surface area contributed by atoms with Gasteiger partial charge in [0.15, 0.2) is 17.1 Å². The van der Waals surface area contributed by atoms with E-state index in [-0.39, 0.29) is 11.5 Å². The fourth-order valence-electron chi connectivity index (χ4n) is 3.89. The number of carbonyl (C=O) groups excluding carboxylic acids is 1. The molecule has 1 heterocycles. The predicted molar refractivity (Wildman–Crippen MR) is 129 cm³/mol. The summed E-state index contributed by atoms with van der Waals surface area (Å²) in [6.07, 6.45) is 0. The van der Waals surface area contributed by atoms with Crippen molar-refractivity contribution in [1.82, 2.24) is 4.98 Å². The van der Waals surface area contributed by atoms with Crippen LogP contribution in [-0.4, -0.2) is 53.6 Å².